The van der Waals surface area contributed by atoms with E-state index in [0.29, 0.717) is 23.7 Å². The second-order valence-corrected chi connectivity index (χ2v) is 8.22. The highest BCUT2D eigenvalue weighted by molar-refractivity contribution is 7.89. The number of hydrogen-bond donors (Lipinski definition) is 0. The van der Waals surface area contributed by atoms with Crippen molar-refractivity contribution in [1.82, 2.24) is 9.21 Å². The first kappa shape index (κ1) is 16.7. The van der Waals surface area contributed by atoms with Gasteiger partial charge in [0.1, 0.15) is 10.6 Å². The first-order valence-electron chi connectivity index (χ1n) is 8.48. The SMILES string of the molecule is CCN1CCN(S(=O)(=O)c2cc3c(cc2OC)CCCC3)CC1. The van der Waals surface area contributed by atoms with E-state index in [4.69, 9.17) is 4.74 Å². The largest absolute Gasteiger partial charge is 0.495 e. The number of benzene rings is 1. The summed E-state index contributed by atoms with van der Waals surface area (Å²) in [5.74, 6) is 0.489. The molecule has 1 saturated heterocycles. The molecule has 0 bridgehead atoms. The number of aryl methyl sites for hydroxylation is 2. The summed E-state index contributed by atoms with van der Waals surface area (Å²) < 4.78 is 33.2. The van der Waals surface area contributed by atoms with Crippen LogP contribution in [-0.4, -0.2) is 57.5 Å². The molecule has 0 radical (unpaired) electrons. The van der Waals surface area contributed by atoms with Crippen molar-refractivity contribution in [3.05, 3.63) is 23.3 Å². The van der Waals surface area contributed by atoms with Gasteiger partial charge in [-0.1, -0.05) is 6.92 Å². The lowest BCUT2D eigenvalue weighted by Gasteiger charge is -2.33. The Morgan fingerprint density at radius 1 is 1.04 bits per heavy atom. The summed E-state index contributed by atoms with van der Waals surface area (Å²) in [6, 6.07) is 3.79. The standard InChI is InChI=1S/C17H26N2O3S/c1-3-18-8-10-19(11-9-18)23(20,21)17-13-15-7-5-4-6-14(15)12-16(17)22-2/h12-13H,3-11H2,1-2H3. The van der Waals surface area contributed by atoms with Crippen molar-refractivity contribution in [3.8, 4) is 5.75 Å². The number of ether oxygens (including phenoxy) is 1. The fraction of sp³-hybridized carbons (Fsp3) is 0.647. The maximum Gasteiger partial charge on any atom is 0.246 e. The van der Waals surface area contributed by atoms with Gasteiger partial charge >= 0.3 is 0 Å². The van der Waals surface area contributed by atoms with Gasteiger partial charge < -0.3 is 9.64 Å². The summed E-state index contributed by atoms with van der Waals surface area (Å²) in [6.07, 6.45) is 4.28. The van der Waals surface area contributed by atoms with Gasteiger partial charge in [0, 0.05) is 26.2 Å². The highest BCUT2D eigenvalue weighted by Gasteiger charge is 2.31. The third-order valence-electron chi connectivity index (χ3n) is 5.02. The van der Waals surface area contributed by atoms with Crippen LogP contribution in [-0.2, 0) is 22.9 Å². The Labute approximate surface area is 139 Å². The lowest BCUT2D eigenvalue weighted by Crippen LogP contribution is -2.48. The molecule has 6 heteroatoms. The van der Waals surface area contributed by atoms with E-state index in [1.165, 1.54) is 17.5 Å². The molecule has 0 spiro atoms. The van der Waals surface area contributed by atoms with Crippen LogP contribution < -0.4 is 4.74 Å². The van der Waals surface area contributed by atoms with Crippen molar-refractivity contribution in [2.75, 3.05) is 39.8 Å². The zero-order chi connectivity index (χ0) is 16.4. The van der Waals surface area contributed by atoms with E-state index in [-0.39, 0.29) is 0 Å². The molecular formula is C17H26N2O3S. The third-order valence-corrected chi connectivity index (χ3v) is 6.94. The van der Waals surface area contributed by atoms with Crippen molar-refractivity contribution < 1.29 is 13.2 Å². The third kappa shape index (κ3) is 3.25. The first-order chi connectivity index (χ1) is 11.1. The van der Waals surface area contributed by atoms with Crippen LogP contribution in [0.3, 0.4) is 0 Å². The van der Waals surface area contributed by atoms with Crippen LogP contribution in [0, 0.1) is 0 Å². The smallest absolute Gasteiger partial charge is 0.246 e. The molecule has 0 N–H and O–H groups in total. The van der Waals surface area contributed by atoms with Crippen molar-refractivity contribution in [2.45, 2.75) is 37.5 Å². The zero-order valence-electron chi connectivity index (χ0n) is 14.0. The maximum atomic E-state index is 13.1. The van der Waals surface area contributed by atoms with Gasteiger partial charge in [-0.15, -0.1) is 0 Å². The van der Waals surface area contributed by atoms with Gasteiger partial charge in [0.2, 0.25) is 10.0 Å². The molecule has 0 amide bonds. The lowest BCUT2D eigenvalue weighted by atomic mass is 9.92. The monoisotopic (exact) mass is 338 g/mol. The molecule has 3 rings (SSSR count). The number of nitrogens with zero attached hydrogens (tertiary/aromatic N) is 2. The molecule has 2 aliphatic rings. The highest BCUT2D eigenvalue weighted by Crippen LogP contribution is 2.33. The molecule has 1 aromatic carbocycles. The van der Waals surface area contributed by atoms with E-state index < -0.39 is 10.0 Å². The van der Waals surface area contributed by atoms with Crippen LogP contribution in [0.2, 0.25) is 0 Å². The minimum absolute atomic E-state index is 0.339. The highest BCUT2D eigenvalue weighted by atomic mass is 32.2. The Hall–Kier alpha value is -1.11. The van der Waals surface area contributed by atoms with Gasteiger partial charge in [-0.05, 0) is 55.5 Å². The Bertz CT molecular complexity index is 665. The molecule has 1 aliphatic heterocycles. The van der Waals surface area contributed by atoms with Crippen LogP contribution in [0.4, 0.5) is 0 Å². The van der Waals surface area contributed by atoms with E-state index in [1.807, 2.05) is 12.1 Å². The normalized spacial score (nSPS) is 20.3. The van der Waals surface area contributed by atoms with E-state index in [1.54, 1.807) is 11.4 Å². The minimum atomic E-state index is -3.49. The summed E-state index contributed by atoms with van der Waals surface area (Å²) in [6.45, 7) is 5.77. The van der Waals surface area contributed by atoms with Gasteiger partial charge in [-0.25, -0.2) is 8.42 Å². The average Bonchev–Trinajstić information content (AvgIpc) is 2.60. The molecule has 1 aromatic rings. The summed E-state index contributed by atoms with van der Waals surface area (Å²) >= 11 is 0. The Morgan fingerprint density at radius 2 is 1.65 bits per heavy atom. The number of methoxy groups -OCH3 is 1. The topological polar surface area (TPSA) is 49.9 Å². The summed E-state index contributed by atoms with van der Waals surface area (Å²) in [4.78, 5) is 2.61. The molecule has 0 aromatic heterocycles. The zero-order valence-corrected chi connectivity index (χ0v) is 14.9. The first-order valence-corrected chi connectivity index (χ1v) is 9.92. The predicted octanol–water partition coefficient (Wildman–Crippen LogP) is 1.90. The van der Waals surface area contributed by atoms with Crippen LogP contribution in [0.15, 0.2) is 17.0 Å². The second-order valence-electron chi connectivity index (χ2n) is 6.32. The van der Waals surface area contributed by atoms with Crippen LogP contribution in [0.5, 0.6) is 5.75 Å². The van der Waals surface area contributed by atoms with Crippen molar-refractivity contribution >= 4 is 10.0 Å². The number of rotatable bonds is 4. The molecule has 0 atom stereocenters. The molecule has 0 saturated carbocycles. The maximum absolute atomic E-state index is 13.1. The summed E-state index contributed by atoms with van der Waals surface area (Å²) in [7, 11) is -1.93. The summed E-state index contributed by atoms with van der Waals surface area (Å²) in [5.41, 5.74) is 2.41. The van der Waals surface area contributed by atoms with Gasteiger partial charge in [0.15, 0.2) is 0 Å². The molecule has 23 heavy (non-hydrogen) atoms. The quantitative estimate of drug-likeness (QED) is 0.841. The summed E-state index contributed by atoms with van der Waals surface area (Å²) in [5, 5.41) is 0. The Morgan fingerprint density at radius 3 is 2.22 bits per heavy atom. The Kier molecular flexibility index (Phi) is 4.94. The Balaban J connectivity index is 1.93. The molecule has 1 heterocycles. The fourth-order valence-corrected chi connectivity index (χ4v) is 5.14. The number of hydrogen-bond acceptors (Lipinski definition) is 4. The number of sulfonamides is 1. The van der Waals surface area contributed by atoms with Gasteiger partial charge in [-0.2, -0.15) is 4.31 Å². The molecule has 0 unspecified atom stereocenters. The van der Waals surface area contributed by atoms with Crippen molar-refractivity contribution in [3.63, 3.8) is 0 Å². The number of fused-ring (bicyclic) bond motifs is 1. The minimum Gasteiger partial charge on any atom is -0.495 e. The molecule has 1 aliphatic carbocycles. The molecular weight excluding hydrogens is 312 g/mol. The molecule has 1 fully saturated rings. The average molecular weight is 338 g/mol. The molecule has 128 valence electrons. The number of piperazine rings is 1. The number of likely N-dealkylation sites (N-methyl/N-ethyl adjacent to an activating group) is 1. The van der Waals surface area contributed by atoms with Crippen LogP contribution >= 0.6 is 0 Å². The van der Waals surface area contributed by atoms with E-state index >= 15 is 0 Å². The molecule has 5 nitrogen and oxygen atoms in total. The van der Waals surface area contributed by atoms with Crippen molar-refractivity contribution in [2.24, 2.45) is 0 Å². The lowest BCUT2D eigenvalue weighted by molar-refractivity contribution is 0.196. The van der Waals surface area contributed by atoms with Crippen LogP contribution in [0.25, 0.3) is 0 Å². The van der Waals surface area contributed by atoms with E-state index in [0.717, 1.165) is 38.9 Å². The fourth-order valence-electron chi connectivity index (χ4n) is 3.53. The van der Waals surface area contributed by atoms with Gasteiger partial charge in [0.25, 0.3) is 0 Å². The van der Waals surface area contributed by atoms with Gasteiger partial charge in [0.05, 0.1) is 7.11 Å². The van der Waals surface area contributed by atoms with E-state index in [9.17, 15) is 8.42 Å². The van der Waals surface area contributed by atoms with E-state index in [2.05, 4.69) is 11.8 Å². The second kappa shape index (κ2) is 6.79. The van der Waals surface area contributed by atoms with Crippen LogP contribution in [0.1, 0.15) is 30.9 Å². The van der Waals surface area contributed by atoms with Crippen molar-refractivity contribution in [1.29, 1.82) is 0 Å². The van der Waals surface area contributed by atoms with Gasteiger partial charge in [-0.3, -0.25) is 0 Å². The predicted molar refractivity (Wildman–Crippen MR) is 90.5 cm³/mol.